The standard InChI is InChI=1S/C12H15FN2O/c1-15(6-3-7-16-2)12-5-4-11(13)8-10(12)9-14/h4-5,8H,3,6-7H2,1-2H3. The van der Waals surface area contributed by atoms with Crippen molar-refractivity contribution in [2.24, 2.45) is 0 Å². The predicted octanol–water partition coefficient (Wildman–Crippen LogP) is 2.17. The van der Waals surface area contributed by atoms with E-state index in [2.05, 4.69) is 0 Å². The summed E-state index contributed by atoms with van der Waals surface area (Å²) in [4.78, 5) is 1.93. The van der Waals surface area contributed by atoms with Crippen LogP contribution in [0, 0.1) is 17.1 Å². The van der Waals surface area contributed by atoms with Crippen LogP contribution in [0.3, 0.4) is 0 Å². The summed E-state index contributed by atoms with van der Waals surface area (Å²) in [6.45, 7) is 1.45. The first kappa shape index (κ1) is 12.5. The average molecular weight is 222 g/mol. The lowest BCUT2D eigenvalue weighted by Crippen LogP contribution is -2.20. The van der Waals surface area contributed by atoms with E-state index in [1.165, 1.54) is 12.1 Å². The van der Waals surface area contributed by atoms with Crippen molar-refractivity contribution in [2.45, 2.75) is 6.42 Å². The monoisotopic (exact) mass is 222 g/mol. The molecule has 0 aliphatic heterocycles. The Kier molecular flexibility index (Phi) is 4.74. The molecule has 0 heterocycles. The van der Waals surface area contributed by atoms with Gasteiger partial charge in [0.05, 0.1) is 11.3 Å². The Morgan fingerprint density at radius 2 is 2.25 bits per heavy atom. The highest BCUT2D eigenvalue weighted by molar-refractivity contribution is 5.58. The van der Waals surface area contributed by atoms with Crippen LogP contribution < -0.4 is 4.90 Å². The second kappa shape index (κ2) is 6.09. The molecular weight excluding hydrogens is 207 g/mol. The number of halogens is 1. The molecule has 0 bridgehead atoms. The summed E-state index contributed by atoms with van der Waals surface area (Å²) < 4.78 is 17.9. The summed E-state index contributed by atoms with van der Waals surface area (Å²) in [7, 11) is 3.53. The molecule has 0 unspecified atom stereocenters. The molecular formula is C12H15FN2O. The fourth-order valence-corrected chi connectivity index (χ4v) is 1.50. The molecule has 0 saturated heterocycles. The molecule has 0 aliphatic rings. The van der Waals surface area contributed by atoms with Crippen LogP contribution in [0.2, 0.25) is 0 Å². The topological polar surface area (TPSA) is 36.3 Å². The second-order valence-electron chi connectivity index (χ2n) is 3.54. The third-order valence-corrected chi connectivity index (χ3v) is 2.33. The highest BCUT2D eigenvalue weighted by atomic mass is 19.1. The van der Waals surface area contributed by atoms with E-state index in [1.54, 1.807) is 13.2 Å². The van der Waals surface area contributed by atoms with Crippen LogP contribution in [-0.4, -0.2) is 27.3 Å². The van der Waals surface area contributed by atoms with Gasteiger partial charge in [0.25, 0.3) is 0 Å². The minimum Gasteiger partial charge on any atom is -0.385 e. The zero-order valence-corrected chi connectivity index (χ0v) is 9.53. The van der Waals surface area contributed by atoms with Gasteiger partial charge in [-0.25, -0.2) is 4.39 Å². The van der Waals surface area contributed by atoms with E-state index in [-0.39, 0.29) is 5.82 Å². The van der Waals surface area contributed by atoms with Gasteiger partial charge in [0, 0.05) is 27.3 Å². The number of ether oxygens (including phenoxy) is 1. The first-order valence-electron chi connectivity index (χ1n) is 5.08. The van der Waals surface area contributed by atoms with Crippen molar-refractivity contribution < 1.29 is 9.13 Å². The Morgan fingerprint density at radius 3 is 2.88 bits per heavy atom. The zero-order valence-electron chi connectivity index (χ0n) is 9.53. The lowest BCUT2D eigenvalue weighted by molar-refractivity contribution is 0.196. The van der Waals surface area contributed by atoms with Crippen LogP contribution in [0.4, 0.5) is 10.1 Å². The van der Waals surface area contributed by atoms with E-state index >= 15 is 0 Å². The molecule has 0 spiro atoms. The summed E-state index contributed by atoms with van der Waals surface area (Å²) >= 11 is 0. The number of benzene rings is 1. The molecule has 1 aromatic carbocycles. The van der Waals surface area contributed by atoms with Crippen LogP contribution in [0.15, 0.2) is 18.2 Å². The van der Waals surface area contributed by atoms with Gasteiger partial charge in [0.2, 0.25) is 0 Å². The van der Waals surface area contributed by atoms with Crippen molar-refractivity contribution in [1.82, 2.24) is 0 Å². The van der Waals surface area contributed by atoms with E-state index in [9.17, 15) is 4.39 Å². The van der Waals surface area contributed by atoms with Crippen molar-refractivity contribution in [3.05, 3.63) is 29.6 Å². The normalized spacial score (nSPS) is 9.88. The number of rotatable bonds is 5. The number of methoxy groups -OCH3 is 1. The zero-order chi connectivity index (χ0) is 12.0. The van der Waals surface area contributed by atoms with E-state index < -0.39 is 0 Å². The maximum absolute atomic E-state index is 12.9. The molecule has 16 heavy (non-hydrogen) atoms. The van der Waals surface area contributed by atoms with E-state index in [4.69, 9.17) is 10.00 Å². The lowest BCUT2D eigenvalue weighted by Gasteiger charge is -2.20. The van der Waals surface area contributed by atoms with Crippen LogP contribution in [0.5, 0.6) is 0 Å². The Morgan fingerprint density at radius 1 is 1.50 bits per heavy atom. The highest BCUT2D eigenvalue weighted by Crippen LogP contribution is 2.19. The van der Waals surface area contributed by atoms with Gasteiger partial charge in [0.15, 0.2) is 0 Å². The highest BCUT2D eigenvalue weighted by Gasteiger charge is 2.07. The molecule has 3 nitrogen and oxygen atoms in total. The molecule has 4 heteroatoms. The smallest absolute Gasteiger partial charge is 0.124 e. The van der Waals surface area contributed by atoms with Crippen molar-refractivity contribution in [1.29, 1.82) is 5.26 Å². The molecule has 0 atom stereocenters. The summed E-state index contributed by atoms with van der Waals surface area (Å²) in [6, 6.07) is 6.24. The van der Waals surface area contributed by atoms with Gasteiger partial charge in [-0.2, -0.15) is 5.26 Å². The van der Waals surface area contributed by atoms with Crippen LogP contribution in [0.25, 0.3) is 0 Å². The van der Waals surface area contributed by atoms with Gasteiger partial charge < -0.3 is 9.64 Å². The molecule has 0 radical (unpaired) electrons. The SMILES string of the molecule is COCCCN(C)c1ccc(F)cc1C#N. The number of anilines is 1. The van der Waals surface area contributed by atoms with Crippen LogP contribution in [-0.2, 0) is 4.74 Å². The van der Waals surface area contributed by atoms with Crippen LogP contribution >= 0.6 is 0 Å². The fraction of sp³-hybridized carbons (Fsp3) is 0.417. The molecule has 0 aliphatic carbocycles. The molecule has 0 N–H and O–H groups in total. The van der Waals surface area contributed by atoms with Gasteiger partial charge >= 0.3 is 0 Å². The molecule has 0 aromatic heterocycles. The molecule has 1 rings (SSSR count). The molecule has 0 amide bonds. The van der Waals surface area contributed by atoms with Crippen molar-refractivity contribution in [2.75, 3.05) is 32.2 Å². The Labute approximate surface area is 95.1 Å². The largest absolute Gasteiger partial charge is 0.385 e. The Hall–Kier alpha value is -1.60. The van der Waals surface area contributed by atoms with E-state index in [1.807, 2.05) is 18.0 Å². The summed E-state index contributed by atoms with van der Waals surface area (Å²) in [5, 5.41) is 8.90. The van der Waals surface area contributed by atoms with Gasteiger partial charge in [-0.3, -0.25) is 0 Å². The third kappa shape index (κ3) is 3.21. The van der Waals surface area contributed by atoms with Gasteiger partial charge in [-0.15, -0.1) is 0 Å². The number of hydrogen-bond acceptors (Lipinski definition) is 3. The van der Waals surface area contributed by atoms with Gasteiger partial charge in [-0.05, 0) is 24.6 Å². The molecule has 1 aromatic rings. The molecule has 86 valence electrons. The molecule has 0 fully saturated rings. The Balaban J connectivity index is 2.75. The van der Waals surface area contributed by atoms with E-state index in [0.29, 0.717) is 12.2 Å². The van der Waals surface area contributed by atoms with Crippen LogP contribution in [0.1, 0.15) is 12.0 Å². The third-order valence-electron chi connectivity index (χ3n) is 2.33. The van der Waals surface area contributed by atoms with E-state index in [0.717, 1.165) is 18.7 Å². The maximum atomic E-state index is 12.9. The summed E-state index contributed by atoms with van der Waals surface area (Å²) in [5.41, 5.74) is 1.11. The second-order valence-corrected chi connectivity index (χ2v) is 3.54. The predicted molar refractivity (Wildman–Crippen MR) is 60.9 cm³/mol. The number of hydrogen-bond donors (Lipinski definition) is 0. The first-order chi connectivity index (χ1) is 7.69. The Bertz CT molecular complexity index is 387. The number of nitrogens with zero attached hydrogens (tertiary/aromatic N) is 2. The fourth-order valence-electron chi connectivity index (χ4n) is 1.50. The maximum Gasteiger partial charge on any atom is 0.124 e. The average Bonchev–Trinajstić information content (AvgIpc) is 2.29. The van der Waals surface area contributed by atoms with Gasteiger partial charge in [-0.1, -0.05) is 0 Å². The summed E-state index contributed by atoms with van der Waals surface area (Å²) in [6.07, 6.45) is 0.870. The van der Waals surface area contributed by atoms with Crippen molar-refractivity contribution >= 4 is 5.69 Å². The van der Waals surface area contributed by atoms with Crippen molar-refractivity contribution in [3.63, 3.8) is 0 Å². The van der Waals surface area contributed by atoms with Crippen molar-refractivity contribution in [3.8, 4) is 6.07 Å². The van der Waals surface area contributed by atoms with Gasteiger partial charge in [0.1, 0.15) is 11.9 Å². The summed E-state index contributed by atoms with van der Waals surface area (Å²) in [5.74, 6) is -0.384. The molecule has 0 saturated carbocycles. The lowest BCUT2D eigenvalue weighted by atomic mass is 10.1. The quantitative estimate of drug-likeness (QED) is 0.716. The first-order valence-corrected chi connectivity index (χ1v) is 5.08. The minimum absolute atomic E-state index is 0.361. The minimum atomic E-state index is -0.384. The number of nitriles is 1.